The van der Waals surface area contributed by atoms with E-state index in [-0.39, 0.29) is 17.9 Å². The Morgan fingerprint density at radius 1 is 0.822 bits per heavy atom. The highest BCUT2D eigenvalue weighted by Gasteiger charge is 2.34. The van der Waals surface area contributed by atoms with Crippen LogP contribution in [0.2, 0.25) is 5.02 Å². The summed E-state index contributed by atoms with van der Waals surface area (Å²) in [5.74, 6) is 1.68. The number of hydrogen-bond acceptors (Lipinski definition) is 4. The molecule has 0 aromatic heterocycles. The zero-order valence-electron chi connectivity index (χ0n) is 27.0. The SMILES string of the molecule is O=C(CC1NCc2ccccc21)N[C@H](Cc1ccc(Cl)cc1)C(=O)N1CCN(C(CC2CCCCC2)CC2CCCCC2)CC1. The van der Waals surface area contributed by atoms with Crippen LogP contribution in [0.15, 0.2) is 48.5 Å². The number of piperazine rings is 1. The van der Waals surface area contributed by atoms with E-state index >= 15 is 0 Å². The summed E-state index contributed by atoms with van der Waals surface area (Å²) < 4.78 is 0. The number of nitrogens with one attached hydrogen (secondary N) is 2. The smallest absolute Gasteiger partial charge is 0.245 e. The molecule has 45 heavy (non-hydrogen) atoms. The Bertz CT molecular complexity index is 1230. The van der Waals surface area contributed by atoms with E-state index in [1.807, 2.05) is 41.3 Å². The molecule has 2 aromatic rings. The number of carbonyl (C=O) groups excluding carboxylic acids is 2. The number of amides is 2. The van der Waals surface area contributed by atoms with Gasteiger partial charge in [0.1, 0.15) is 6.04 Å². The van der Waals surface area contributed by atoms with Crippen molar-refractivity contribution in [2.45, 2.75) is 115 Å². The largest absolute Gasteiger partial charge is 0.344 e. The Morgan fingerprint density at radius 2 is 1.44 bits per heavy atom. The fourth-order valence-corrected chi connectivity index (χ4v) is 8.72. The fourth-order valence-electron chi connectivity index (χ4n) is 8.59. The van der Waals surface area contributed by atoms with Crippen molar-refractivity contribution >= 4 is 23.4 Å². The third kappa shape index (κ3) is 8.90. The van der Waals surface area contributed by atoms with Crippen molar-refractivity contribution in [2.75, 3.05) is 26.2 Å². The average molecular weight is 633 g/mol. The second kappa shape index (κ2) is 15.9. The lowest BCUT2D eigenvalue weighted by Crippen LogP contribution is -2.57. The summed E-state index contributed by atoms with van der Waals surface area (Å²) >= 11 is 6.16. The van der Waals surface area contributed by atoms with Gasteiger partial charge in [-0.25, -0.2) is 0 Å². The van der Waals surface area contributed by atoms with Crippen molar-refractivity contribution in [3.63, 3.8) is 0 Å². The van der Waals surface area contributed by atoms with Gasteiger partial charge < -0.3 is 15.5 Å². The molecule has 4 aliphatic rings. The lowest BCUT2D eigenvalue weighted by molar-refractivity contribution is -0.138. The highest BCUT2D eigenvalue weighted by atomic mass is 35.5. The van der Waals surface area contributed by atoms with E-state index in [2.05, 4.69) is 27.7 Å². The Hall–Kier alpha value is -2.41. The molecule has 2 saturated carbocycles. The molecule has 2 amide bonds. The fraction of sp³-hybridized carbons (Fsp3) is 0.632. The van der Waals surface area contributed by atoms with Crippen molar-refractivity contribution < 1.29 is 9.59 Å². The minimum Gasteiger partial charge on any atom is -0.344 e. The number of rotatable bonds is 11. The van der Waals surface area contributed by atoms with Crippen LogP contribution in [-0.2, 0) is 22.6 Å². The first kappa shape index (κ1) is 32.5. The first-order chi connectivity index (χ1) is 22.0. The molecule has 1 unspecified atom stereocenters. The molecule has 2 aliphatic heterocycles. The number of benzene rings is 2. The molecular weight excluding hydrogens is 580 g/mol. The van der Waals surface area contributed by atoms with Crippen LogP contribution in [0.25, 0.3) is 0 Å². The Kier molecular flexibility index (Phi) is 11.5. The molecule has 3 fully saturated rings. The number of fused-ring (bicyclic) bond motifs is 1. The van der Waals surface area contributed by atoms with E-state index in [0.29, 0.717) is 23.9 Å². The van der Waals surface area contributed by atoms with Crippen LogP contribution in [0.3, 0.4) is 0 Å². The van der Waals surface area contributed by atoms with Gasteiger partial charge in [0.15, 0.2) is 0 Å². The quantitative estimate of drug-likeness (QED) is 0.279. The van der Waals surface area contributed by atoms with E-state index in [1.165, 1.54) is 88.2 Å². The van der Waals surface area contributed by atoms with Crippen LogP contribution < -0.4 is 10.6 Å². The van der Waals surface area contributed by atoms with E-state index < -0.39 is 6.04 Å². The van der Waals surface area contributed by atoms with Crippen LogP contribution in [-0.4, -0.2) is 59.9 Å². The molecule has 2 atom stereocenters. The number of nitrogens with zero attached hydrogens (tertiary/aromatic N) is 2. The van der Waals surface area contributed by atoms with Crippen molar-refractivity contribution in [3.05, 3.63) is 70.2 Å². The van der Waals surface area contributed by atoms with Crippen LogP contribution in [0.1, 0.15) is 106 Å². The number of halogens is 1. The van der Waals surface area contributed by atoms with Crippen molar-refractivity contribution in [3.8, 4) is 0 Å². The highest BCUT2D eigenvalue weighted by molar-refractivity contribution is 6.30. The molecule has 2 aliphatic carbocycles. The van der Waals surface area contributed by atoms with Gasteiger partial charge in [0.05, 0.1) is 0 Å². The van der Waals surface area contributed by atoms with E-state index in [9.17, 15) is 9.59 Å². The molecule has 0 radical (unpaired) electrons. The Labute approximate surface area is 275 Å². The molecule has 0 bridgehead atoms. The second-order valence-corrected chi connectivity index (χ2v) is 14.7. The molecule has 244 valence electrons. The molecule has 2 N–H and O–H groups in total. The van der Waals surface area contributed by atoms with Crippen LogP contribution in [0.4, 0.5) is 0 Å². The topological polar surface area (TPSA) is 64.7 Å². The zero-order chi connectivity index (χ0) is 31.0. The molecule has 7 heteroatoms. The van der Waals surface area contributed by atoms with Gasteiger partial charge in [0, 0.05) is 62.7 Å². The number of carbonyl (C=O) groups is 2. The summed E-state index contributed by atoms with van der Waals surface area (Å²) in [4.78, 5) is 32.3. The van der Waals surface area contributed by atoms with E-state index in [0.717, 1.165) is 50.1 Å². The Morgan fingerprint density at radius 3 is 2.09 bits per heavy atom. The maximum atomic E-state index is 14.1. The summed E-state index contributed by atoms with van der Waals surface area (Å²) in [6.45, 7) is 4.10. The standard InChI is InChI=1S/C38H53ClN4O2/c39-32-17-15-30(16-18-32)25-36(41-37(44)26-35-34-14-8-7-13-31(34)27-40-35)38(45)43-21-19-42(20-22-43)33(23-28-9-3-1-4-10-28)24-29-11-5-2-6-12-29/h7-8,13-18,28-29,33,35-36,40H,1-6,9-12,19-27H2,(H,41,44)/t35?,36-/m1/s1. The normalized spacial score (nSPS) is 22.4. The zero-order valence-corrected chi connectivity index (χ0v) is 27.8. The lowest BCUT2D eigenvalue weighted by Gasteiger charge is -2.43. The van der Waals surface area contributed by atoms with E-state index in [4.69, 9.17) is 11.6 Å². The summed E-state index contributed by atoms with van der Waals surface area (Å²) in [5, 5.41) is 7.30. The van der Waals surface area contributed by atoms with Gasteiger partial charge >= 0.3 is 0 Å². The van der Waals surface area contributed by atoms with Gasteiger partial charge in [-0.1, -0.05) is 112 Å². The first-order valence-electron chi connectivity index (χ1n) is 17.9. The van der Waals surface area contributed by atoms with Gasteiger partial charge in [0.25, 0.3) is 0 Å². The predicted molar refractivity (Wildman–Crippen MR) is 182 cm³/mol. The third-order valence-electron chi connectivity index (χ3n) is 11.1. The molecule has 0 spiro atoms. The summed E-state index contributed by atoms with van der Waals surface area (Å²) in [6, 6.07) is 15.9. The third-order valence-corrected chi connectivity index (χ3v) is 11.4. The van der Waals surface area contributed by atoms with Crippen LogP contribution in [0, 0.1) is 11.8 Å². The molecular formula is C38H53ClN4O2. The minimum atomic E-state index is -0.595. The van der Waals surface area contributed by atoms with Crippen molar-refractivity contribution in [1.29, 1.82) is 0 Å². The first-order valence-corrected chi connectivity index (χ1v) is 18.3. The van der Waals surface area contributed by atoms with Crippen LogP contribution >= 0.6 is 11.6 Å². The molecule has 6 rings (SSSR count). The number of hydrogen-bond donors (Lipinski definition) is 2. The average Bonchev–Trinajstić information content (AvgIpc) is 3.48. The highest BCUT2D eigenvalue weighted by Crippen LogP contribution is 2.35. The van der Waals surface area contributed by atoms with Crippen LogP contribution in [0.5, 0.6) is 0 Å². The van der Waals surface area contributed by atoms with Gasteiger partial charge in [-0.3, -0.25) is 14.5 Å². The molecule has 2 heterocycles. The van der Waals surface area contributed by atoms with Gasteiger partial charge in [-0.2, -0.15) is 0 Å². The van der Waals surface area contributed by atoms with Gasteiger partial charge in [-0.15, -0.1) is 0 Å². The lowest BCUT2D eigenvalue weighted by atomic mass is 9.79. The van der Waals surface area contributed by atoms with E-state index in [1.54, 1.807) is 0 Å². The van der Waals surface area contributed by atoms with Gasteiger partial charge in [-0.05, 0) is 53.5 Å². The summed E-state index contributed by atoms with van der Waals surface area (Å²) in [7, 11) is 0. The second-order valence-electron chi connectivity index (χ2n) is 14.3. The molecule has 1 saturated heterocycles. The monoisotopic (exact) mass is 632 g/mol. The Balaban J connectivity index is 1.09. The van der Waals surface area contributed by atoms with Crippen molar-refractivity contribution in [1.82, 2.24) is 20.4 Å². The maximum Gasteiger partial charge on any atom is 0.245 e. The summed E-state index contributed by atoms with van der Waals surface area (Å²) in [6.07, 6.45) is 17.4. The van der Waals surface area contributed by atoms with Crippen molar-refractivity contribution in [2.24, 2.45) is 11.8 Å². The maximum absolute atomic E-state index is 14.1. The predicted octanol–water partition coefficient (Wildman–Crippen LogP) is 7.06. The molecule has 2 aromatic carbocycles. The van der Waals surface area contributed by atoms with Gasteiger partial charge in [0.2, 0.25) is 11.8 Å². The minimum absolute atomic E-state index is 0.0266. The molecule has 6 nitrogen and oxygen atoms in total. The summed E-state index contributed by atoms with van der Waals surface area (Å²) in [5.41, 5.74) is 3.42.